The van der Waals surface area contributed by atoms with E-state index in [0.29, 0.717) is 55.7 Å². The van der Waals surface area contributed by atoms with Gasteiger partial charge < -0.3 is 41.0 Å². The summed E-state index contributed by atoms with van der Waals surface area (Å²) in [5.41, 5.74) is 7.12. The molecule has 6 aromatic rings. The Labute approximate surface area is 600 Å². The van der Waals surface area contributed by atoms with Crippen molar-refractivity contribution in [2.24, 2.45) is 22.7 Å². The van der Waals surface area contributed by atoms with Crippen LogP contribution in [0, 0.1) is 56.7 Å². The van der Waals surface area contributed by atoms with Gasteiger partial charge >= 0.3 is 23.9 Å². The third-order valence-corrected chi connectivity index (χ3v) is 17.4. The largest absolute Gasteiger partial charge is 0.481 e. The number of carbonyl (C=O) groups is 10. The molecule has 0 aliphatic carbocycles. The van der Waals surface area contributed by atoms with E-state index in [1.165, 1.54) is 55.1 Å². The number of hydrogen-bond donors (Lipinski definition) is 8. The van der Waals surface area contributed by atoms with Crippen LogP contribution >= 0.6 is 0 Å². The number of aliphatic hydroxyl groups is 1. The Kier molecular flexibility index (Phi) is 27.0. The number of nitrogens with one attached hydrogen (secondary N) is 6. The van der Waals surface area contributed by atoms with Gasteiger partial charge in [0.15, 0.2) is 6.10 Å². The highest BCUT2D eigenvalue weighted by Crippen LogP contribution is 2.29. The van der Waals surface area contributed by atoms with Crippen molar-refractivity contribution >= 4 is 105 Å². The number of ether oxygens (including phenoxy) is 2. The van der Waals surface area contributed by atoms with Gasteiger partial charge in [-0.05, 0) is 139 Å². The molecule has 3 aliphatic heterocycles. The van der Waals surface area contributed by atoms with Crippen LogP contribution in [0.5, 0.6) is 0 Å². The first-order valence-electron chi connectivity index (χ1n) is 33.8. The van der Waals surface area contributed by atoms with Crippen LogP contribution in [-0.2, 0) is 60.9 Å². The van der Waals surface area contributed by atoms with Crippen molar-refractivity contribution in [3.8, 4) is 0 Å². The molecule has 2 saturated heterocycles. The highest BCUT2D eigenvalue weighted by Gasteiger charge is 2.38. The quantitative estimate of drug-likeness (QED) is 0.0212. The molecule has 5 bridgehead atoms. The maximum Gasteiger partial charge on any atom is 0.353 e. The van der Waals surface area contributed by atoms with E-state index in [1.54, 1.807) is 80.5 Å². The molecule has 2 fully saturated rings. The van der Waals surface area contributed by atoms with Crippen LogP contribution in [0.15, 0.2) is 109 Å². The molecule has 5 heterocycles. The van der Waals surface area contributed by atoms with Gasteiger partial charge in [-0.15, -0.1) is 0 Å². The molecule has 9 rings (SSSR count). The van der Waals surface area contributed by atoms with Crippen molar-refractivity contribution in [2.75, 3.05) is 13.1 Å². The van der Waals surface area contributed by atoms with Gasteiger partial charge in [-0.2, -0.15) is 0 Å². The number of hydrazine groups is 2. The fourth-order valence-corrected chi connectivity index (χ4v) is 10.9. The number of amides is 6. The Morgan fingerprint density at radius 3 is 1.99 bits per heavy atom. The fourth-order valence-electron chi connectivity index (χ4n) is 10.9. The molecule has 8 N–H and O–H groups in total. The highest BCUT2D eigenvalue weighted by molar-refractivity contribution is 6.07. The topological polar surface area (TPSA) is 420 Å². The number of carboxylic acids is 1. The number of cyclic esters (lactones) is 1. The number of fused-ring (bicyclic) bond motifs is 5. The molecule has 3 aliphatic rings. The molecule has 0 unspecified atom stereocenters. The van der Waals surface area contributed by atoms with Crippen molar-refractivity contribution < 1.29 is 77.5 Å². The number of aliphatic hydroxyl groups excluding tert-OH is 1. The van der Waals surface area contributed by atoms with Crippen molar-refractivity contribution in [1.29, 1.82) is 0 Å². The predicted molar refractivity (Wildman–Crippen MR) is 382 cm³/mol. The predicted octanol–water partition coefficient (Wildman–Crippen LogP) is 7.58. The number of carboxylic acid groups (broad SMARTS) is 1. The van der Waals surface area contributed by atoms with Gasteiger partial charge in [0, 0.05) is 36.0 Å². The number of nitrogens with zero attached hydrogens (tertiary/aromatic N) is 6. The van der Waals surface area contributed by atoms with E-state index >= 15 is 0 Å². The molecule has 30 heteroatoms. The maximum absolute atomic E-state index is 13.2. The molecule has 0 spiro atoms. The SMILES string of the molecule is CC(C)[C@@H]1OC(=O)C(C)(C)/C=C/c2ccc3ccc(nc3c2)CNC(=O)[C@@H]2CCCN(N2)C(=O)[C@H](C)NC1=O.CC(C)[C@H](O)C(=O)N[C@@H](C)C(=O)N1CCC[C@@H](C(=O)NCc2ccc3ccc(/C=C/C(C)(C)C(=O)O)cc3n2)N1.Cc1cccc([N+](=O)[O-])c1C(=O)OC(=O)c1c(C)cccc1[N+](=O)[O-]. The van der Waals surface area contributed by atoms with Crippen molar-refractivity contribution in [3.63, 3.8) is 0 Å². The summed E-state index contributed by atoms with van der Waals surface area (Å²) in [6, 6.07) is 23.9. The number of hydrogen-bond acceptors (Lipinski definition) is 21. The summed E-state index contributed by atoms with van der Waals surface area (Å²) in [5, 5.41) is 56.9. The minimum atomic E-state index is -1.24. The number of aromatic nitrogens is 2. The summed E-state index contributed by atoms with van der Waals surface area (Å²) in [7, 11) is 0. The average molecular weight is 1430 g/mol. The van der Waals surface area contributed by atoms with Gasteiger partial charge in [-0.25, -0.2) is 20.4 Å². The molecule has 104 heavy (non-hydrogen) atoms. The van der Waals surface area contributed by atoms with Gasteiger partial charge in [-0.3, -0.25) is 78.6 Å². The van der Waals surface area contributed by atoms with E-state index in [0.717, 1.165) is 39.5 Å². The fraction of sp³-hybridized carbons (Fsp3) is 0.405. The minimum Gasteiger partial charge on any atom is -0.481 e. The second-order valence-corrected chi connectivity index (χ2v) is 27.3. The molecule has 4 aromatic carbocycles. The number of nitro benzene ring substituents is 2. The normalized spacial score (nSPS) is 18.8. The summed E-state index contributed by atoms with van der Waals surface area (Å²) in [4.78, 5) is 156. The summed E-state index contributed by atoms with van der Waals surface area (Å²) in [6.07, 6.45) is 7.00. The summed E-state index contributed by atoms with van der Waals surface area (Å²) >= 11 is 0. The molecule has 0 radical (unpaired) electrons. The lowest BCUT2D eigenvalue weighted by atomic mass is 9.92. The number of aryl methyl sites for hydroxylation is 2. The molecular weight excluding hydrogens is 1340 g/mol. The maximum atomic E-state index is 13.2. The second kappa shape index (κ2) is 35.1. The van der Waals surface area contributed by atoms with Crippen molar-refractivity contribution in [1.82, 2.24) is 52.1 Å². The lowest BCUT2D eigenvalue weighted by molar-refractivity contribution is -0.385. The zero-order valence-corrected chi connectivity index (χ0v) is 59.9. The van der Waals surface area contributed by atoms with Crippen LogP contribution in [0.3, 0.4) is 0 Å². The second-order valence-electron chi connectivity index (χ2n) is 27.3. The number of benzene rings is 4. The Morgan fingerprint density at radius 2 is 1.38 bits per heavy atom. The first kappa shape index (κ1) is 80.1. The smallest absolute Gasteiger partial charge is 0.353 e. The van der Waals surface area contributed by atoms with E-state index in [1.807, 2.05) is 66.7 Å². The van der Waals surface area contributed by atoms with E-state index in [4.69, 9.17) is 9.72 Å². The number of aliphatic carboxylic acids is 1. The molecule has 552 valence electrons. The first-order chi connectivity index (χ1) is 49.0. The summed E-state index contributed by atoms with van der Waals surface area (Å²) in [5.74, 6) is -7.00. The van der Waals surface area contributed by atoms with Crippen molar-refractivity contribution in [2.45, 2.75) is 158 Å². The summed E-state index contributed by atoms with van der Waals surface area (Å²) in [6.45, 7) is 20.9. The third kappa shape index (κ3) is 21.0. The molecular formula is C74H88N12O18. The average Bonchev–Trinajstić information content (AvgIpc) is 0.914. The van der Waals surface area contributed by atoms with Crippen LogP contribution in [-0.4, -0.2) is 149 Å². The van der Waals surface area contributed by atoms with Crippen LogP contribution in [0.25, 0.3) is 34.0 Å². The van der Waals surface area contributed by atoms with Crippen LogP contribution in [0.4, 0.5) is 11.4 Å². The summed E-state index contributed by atoms with van der Waals surface area (Å²) < 4.78 is 10.4. The Hall–Kier alpha value is -11.2. The Morgan fingerprint density at radius 1 is 0.788 bits per heavy atom. The standard InChI is InChI=1S/C29H39N5O6.C29H37N5O5.C16H12N2O7/c1-17(2)24(35)26(37)31-18(3)27(38)34-14-6-7-22(33-34)25(36)30-16-21-11-10-20-9-8-19(15-23(20)32-21)12-13-29(4,5)28(39)40;1-17(2)24-26(36)31-18(3)27(37)34-14-6-7-22(33-34)25(35)30-16-21-11-10-20-9-8-19(15-23(20)32-21)12-13-29(4,5)28(38)39-24;1-9-5-3-7-11(17(21)22)13(9)15(19)25-16(20)14-10(2)6-4-8-12(14)18(23)24/h8-13,15,17-18,22,24,33,35H,6-7,14,16H2,1-5H3,(H,30,36)(H,31,37)(H,39,40);8-13,15,17-18,22,24,33H,6-7,14,16H2,1-5H3,(H,30,35)(H,31,36);3-8H,1-2H3/b2*13-12+;/t2*18-,22-,24-;/m00./s1. The lowest BCUT2D eigenvalue weighted by Crippen LogP contribution is -2.61. The monoisotopic (exact) mass is 1430 g/mol. The number of rotatable bonds is 15. The highest BCUT2D eigenvalue weighted by atomic mass is 16.6. The Balaban J connectivity index is 0.000000224. The van der Waals surface area contributed by atoms with Gasteiger partial charge in [0.05, 0.1) is 56.2 Å². The third-order valence-electron chi connectivity index (χ3n) is 17.4. The zero-order valence-electron chi connectivity index (χ0n) is 59.9. The number of nitro groups is 2. The Bertz CT molecular complexity index is 4290. The molecule has 30 nitrogen and oxygen atoms in total. The van der Waals surface area contributed by atoms with Crippen LogP contribution < -0.4 is 32.1 Å². The van der Waals surface area contributed by atoms with E-state index in [9.17, 15) is 78.4 Å². The van der Waals surface area contributed by atoms with E-state index in [-0.39, 0.29) is 64.9 Å². The first-order valence-corrected chi connectivity index (χ1v) is 33.8. The number of esters is 3. The van der Waals surface area contributed by atoms with Crippen LogP contribution in [0.2, 0.25) is 0 Å². The zero-order chi connectivity index (χ0) is 76.7. The van der Waals surface area contributed by atoms with Gasteiger partial charge in [-0.1, -0.05) is 113 Å². The molecule has 2 aromatic heterocycles. The van der Waals surface area contributed by atoms with E-state index in [2.05, 4.69) is 41.8 Å². The van der Waals surface area contributed by atoms with E-state index < -0.39 is 110 Å². The van der Waals surface area contributed by atoms with Gasteiger partial charge in [0.2, 0.25) is 17.7 Å². The number of carbonyl (C=O) groups excluding carboxylic acids is 9. The van der Waals surface area contributed by atoms with Crippen molar-refractivity contribution in [3.05, 3.63) is 174 Å². The number of pyridine rings is 2. The van der Waals surface area contributed by atoms with Gasteiger partial charge in [0.1, 0.15) is 41.4 Å². The van der Waals surface area contributed by atoms with Gasteiger partial charge in [0.25, 0.3) is 29.1 Å². The minimum absolute atomic E-state index is 0.187. The molecule has 0 saturated carbocycles. The lowest BCUT2D eigenvalue weighted by Gasteiger charge is -2.35. The molecule has 6 amide bonds. The molecule has 6 atom stereocenters. The van der Waals surface area contributed by atoms with Crippen LogP contribution in [0.1, 0.15) is 149 Å².